The van der Waals surface area contributed by atoms with E-state index < -0.39 is 17.8 Å². The third-order valence-corrected chi connectivity index (χ3v) is 4.80. The van der Waals surface area contributed by atoms with E-state index in [1.54, 1.807) is 18.2 Å². The Morgan fingerprint density at radius 2 is 1.78 bits per heavy atom. The molecule has 0 spiro atoms. The van der Waals surface area contributed by atoms with E-state index in [2.05, 4.69) is 34.8 Å². The van der Waals surface area contributed by atoms with Crippen molar-refractivity contribution in [1.82, 2.24) is 10.8 Å². The maximum absolute atomic E-state index is 12.2. The van der Waals surface area contributed by atoms with Crippen LogP contribution in [-0.4, -0.2) is 30.3 Å². The molecule has 2 aromatic carbocycles. The number of amides is 2. The Kier molecular flexibility index (Phi) is 8.76. The number of nitrogens with zero attached hydrogens (tertiary/aromatic N) is 1. The molecule has 0 unspecified atom stereocenters. The van der Waals surface area contributed by atoms with Crippen molar-refractivity contribution in [2.75, 3.05) is 6.54 Å². The van der Waals surface area contributed by atoms with Gasteiger partial charge in [0.1, 0.15) is 0 Å². The number of nitrogens with one attached hydrogen (secondary N) is 2. The minimum Gasteiger partial charge on any atom is -0.370 e. The molecular formula is C23H29N5O4. The number of hydrogen-bond donors (Lipinski definition) is 4. The van der Waals surface area contributed by atoms with Gasteiger partial charge in [0.05, 0.1) is 18.7 Å². The van der Waals surface area contributed by atoms with Crippen molar-refractivity contribution in [3.8, 4) is 0 Å². The van der Waals surface area contributed by atoms with E-state index >= 15 is 0 Å². The monoisotopic (exact) mass is 439 g/mol. The van der Waals surface area contributed by atoms with Crippen LogP contribution in [0.15, 0.2) is 41.4 Å². The Morgan fingerprint density at radius 3 is 2.47 bits per heavy atom. The summed E-state index contributed by atoms with van der Waals surface area (Å²) >= 11 is 0. The van der Waals surface area contributed by atoms with Crippen LogP contribution in [0.4, 0.5) is 5.69 Å². The van der Waals surface area contributed by atoms with Gasteiger partial charge in [-0.05, 0) is 61.6 Å². The topological polar surface area (TPSA) is 149 Å². The van der Waals surface area contributed by atoms with Crippen LogP contribution in [0.3, 0.4) is 0 Å². The number of guanidine groups is 1. The third-order valence-electron chi connectivity index (χ3n) is 4.80. The molecular weight excluding hydrogens is 410 g/mol. The van der Waals surface area contributed by atoms with Crippen molar-refractivity contribution < 1.29 is 19.2 Å². The number of rotatable bonds is 8. The second-order valence-electron chi connectivity index (χ2n) is 7.33. The molecule has 170 valence electrons. The number of aliphatic imine (C=N–C) groups is 1. The second-order valence-corrected chi connectivity index (χ2v) is 7.33. The summed E-state index contributed by atoms with van der Waals surface area (Å²) in [5.41, 5.74) is 18.0. The summed E-state index contributed by atoms with van der Waals surface area (Å²) in [6, 6.07) is 10.5. The van der Waals surface area contributed by atoms with Gasteiger partial charge in [0, 0.05) is 5.56 Å². The fourth-order valence-electron chi connectivity index (χ4n) is 3.21. The lowest BCUT2D eigenvalue weighted by atomic mass is 9.95. The summed E-state index contributed by atoms with van der Waals surface area (Å²) < 4.78 is 0. The number of carbonyl (C=O) groups excluding carboxylic acids is 3. The summed E-state index contributed by atoms with van der Waals surface area (Å²) in [6.45, 7) is 5.78. The van der Waals surface area contributed by atoms with Gasteiger partial charge in [-0.2, -0.15) is 5.48 Å². The van der Waals surface area contributed by atoms with Crippen LogP contribution in [0.2, 0.25) is 0 Å². The Bertz CT molecular complexity index is 1030. The lowest BCUT2D eigenvalue weighted by molar-refractivity contribution is -0.157. The number of benzene rings is 2. The van der Waals surface area contributed by atoms with Crippen molar-refractivity contribution in [2.24, 2.45) is 16.5 Å². The summed E-state index contributed by atoms with van der Waals surface area (Å²) in [5.74, 6) is -1.85. The lowest BCUT2D eigenvalue weighted by Gasteiger charge is -2.12. The number of aryl methyl sites for hydroxylation is 3. The SMILES string of the molecule is CCc1cc(C)cc(CCC(=O)ONC(=O)CNC(=O)c2cccc(N=C(N)N)c2)c1C. The van der Waals surface area contributed by atoms with E-state index in [-0.39, 0.29) is 24.5 Å². The highest BCUT2D eigenvalue weighted by Gasteiger charge is 2.12. The summed E-state index contributed by atoms with van der Waals surface area (Å²) in [7, 11) is 0. The highest BCUT2D eigenvalue weighted by atomic mass is 16.7. The van der Waals surface area contributed by atoms with E-state index in [0.29, 0.717) is 12.1 Å². The molecule has 9 nitrogen and oxygen atoms in total. The van der Waals surface area contributed by atoms with E-state index in [1.165, 1.54) is 17.2 Å². The average molecular weight is 440 g/mol. The predicted octanol–water partition coefficient (Wildman–Crippen LogP) is 1.71. The average Bonchev–Trinajstić information content (AvgIpc) is 2.75. The van der Waals surface area contributed by atoms with Gasteiger partial charge in [-0.1, -0.05) is 30.7 Å². The fraction of sp³-hybridized carbons (Fsp3) is 0.304. The Labute approximate surface area is 187 Å². The second kappa shape index (κ2) is 11.5. The molecule has 0 saturated carbocycles. The molecule has 0 atom stereocenters. The minimum atomic E-state index is -0.660. The van der Waals surface area contributed by atoms with Gasteiger partial charge in [0.15, 0.2) is 5.96 Å². The zero-order valence-corrected chi connectivity index (χ0v) is 18.5. The fourth-order valence-corrected chi connectivity index (χ4v) is 3.21. The quantitative estimate of drug-likeness (QED) is 0.279. The highest BCUT2D eigenvalue weighted by Crippen LogP contribution is 2.19. The molecule has 2 aromatic rings. The lowest BCUT2D eigenvalue weighted by Crippen LogP contribution is -2.38. The largest absolute Gasteiger partial charge is 0.370 e. The standard InChI is InChI=1S/C23H29N5O4/c1-4-16-10-14(2)11-17(15(16)3)8-9-21(30)32-28-20(29)13-26-22(31)18-6-5-7-19(12-18)27-23(24)25/h5-7,10-12H,4,8-9,13H2,1-3H3,(H,26,31)(H,28,29)(H4,24,25,27). The normalized spacial score (nSPS) is 10.2. The first-order valence-corrected chi connectivity index (χ1v) is 10.2. The van der Waals surface area contributed by atoms with Gasteiger partial charge in [-0.3, -0.25) is 9.59 Å². The first-order valence-electron chi connectivity index (χ1n) is 10.2. The molecule has 0 radical (unpaired) electrons. The Hall–Kier alpha value is -3.88. The zero-order valence-electron chi connectivity index (χ0n) is 18.5. The van der Waals surface area contributed by atoms with Crippen LogP contribution in [-0.2, 0) is 27.3 Å². The van der Waals surface area contributed by atoms with Gasteiger partial charge in [0.2, 0.25) is 0 Å². The molecule has 32 heavy (non-hydrogen) atoms. The van der Waals surface area contributed by atoms with Crippen LogP contribution in [0, 0.1) is 13.8 Å². The molecule has 0 aromatic heterocycles. The Balaban J connectivity index is 1.78. The zero-order chi connectivity index (χ0) is 23.7. The van der Waals surface area contributed by atoms with Gasteiger partial charge in [0.25, 0.3) is 11.8 Å². The molecule has 0 bridgehead atoms. The van der Waals surface area contributed by atoms with Crippen LogP contribution in [0.25, 0.3) is 0 Å². The minimum absolute atomic E-state index is 0.123. The summed E-state index contributed by atoms with van der Waals surface area (Å²) in [5, 5.41) is 2.43. The van der Waals surface area contributed by atoms with Crippen LogP contribution in [0.5, 0.6) is 0 Å². The predicted molar refractivity (Wildman–Crippen MR) is 122 cm³/mol. The molecule has 0 heterocycles. The van der Waals surface area contributed by atoms with Crippen LogP contribution >= 0.6 is 0 Å². The number of nitrogens with two attached hydrogens (primary N) is 2. The first-order chi connectivity index (χ1) is 15.2. The molecule has 2 amide bonds. The first kappa shape index (κ1) is 24.4. The smallest absolute Gasteiger partial charge is 0.332 e. The molecule has 0 fully saturated rings. The summed E-state index contributed by atoms with van der Waals surface area (Å²) in [6.07, 6.45) is 1.56. The van der Waals surface area contributed by atoms with E-state index in [9.17, 15) is 14.4 Å². The van der Waals surface area contributed by atoms with Gasteiger partial charge in [-0.25, -0.2) is 9.79 Å². The van der Waals surface area contributed by atoms with Crippen molar-refractivity contribution in [3.05, 3.63) is 64.2 Å². The van der Waals surface area contributed by atoms with Gasteiger partial charge in [-0.15, -0.1) is 0 Å². The molecule has 0 saturated heterocycles. The van der Waals surface area contributed by atoms with Crippen molar-refractivity contribution >= 4 is 29.4 Å². The molecule has 0 aliphatic heterocycles. The van der Waals surface area contributed by atoms with Gasteiger partial charge < -0.3 is 21.6 Å². The Morgan fingerprint density at radius 1 is 1.06 bits per heavy atom. The molecule has 0 aliphatic rings. The van der Waals surface area contributed by atoms with Crippen LogP contribution < -0.4 is 22.3 Å². The third kappa shape index (κ3) is 7.42. The maximum Gasteiger partial charge on any atom is 0.332 e. The molecule has 2 rings (SSSR count). The summed E-state index contributed by atoms with van der Waals surface area (Å²) in [4.78, 5) is 44.8. The highest BCUT2D eigenvalue weighted by molar-refractivity contribution is 5.97. The van der Waals surface area contributed by atoms with Gasteiger partial charge >= 0.3 is 5.97 Å². The van der Waals surface area contributed by atoms with E-state index in [0.717, 1.165) is 17.5 Å². The number of hydrogen-bond acceptors (Lipinski definition) is 5. The number of hydroxylamine groups is 1. The van der Waals surface area contributed by atoms with E-state index in [1.807, 2.05) is 13.8 Å². The number of carbonyl (C=O) groups is 3. The maximum atomic E-state index is 12.2. The molecule has 6 N–H and O–H groups in total. The van der Waals surface area contributed by atoms with Crippen molar-refractivity contribution in [3.63, 3.8) is 0 Å². The molecule has 9 heteroatoms. The van der Waals surface area contributed by atoms with Crippen molar-refractivity contribution in [1.29, 1.82) is 0 Å². The van der Waals surface area contributed by atoms with Crippen LogP contribution in [0.1, 0.15) is 46.0 Å². The van der Waals surface area contributed by atoms with Crippen molar-refractivity contribution in [2.45, 2.75) is 40.0 Å². The molecule has 0 aliphatic carbocycles. The van der Waals surface area contributed by atoms with E-state index in [4.69, 9.17) is 16.3 Å².